The van der Waals surface area contributed by atoms with Crippen LogP contribution in [0.1, 0.15) is 34.9 Å². The van der Waals surface area contributed by atoms with E-state index in [0.29, 0.717) is 5.75 Å². The van der Waals surface area contributed by atoms with Gasteiger partial charge in [-0.2, -0.15) is 0 Å². The van der Waals surface area contributed by atoms with Crippen molar-refractivity contribution in [3.63, 3.8) is 0 Å². The predicted molar refractivity (Wildman–Crippen MR) is 107 cm³/mol. The summed E-state index contributed by atoms with van der Waals surface area (Å²) in [6, 6.07) is 12.0. The maximum atomic E-state index is 12.1. The van der Waals surface area contributed by atoms with Gasteiger partial charge in [-0.15, -0.1) is 23.1 Å². The Hall–Kier alpha value is -1.50. The maximum Gasteiger partial charge on any atom is 0.316 e. The van der Waals surface area contributed by atoms with Gasteiger partial charge in [0.25, 0.3) is 5.91 Å². The fourth-order valence-corrected chi connectivity index (χ4v) is 5.01. The molecule has 1 amide bonds. The van der Waals surface area contributed by atoms with E-state index < -0.39 is 0 Å². The molecule has 0 saturated heterocycles. The number of nitrogens with one attached hydrogen (secondary N) is 1. The number of hydrogen-bond donors (Lipinski definition) is 1. The fourth-order valence-electron chi connectivity index (χ4n) is 2.99. The second-order valence-electron chi connectivity index (χ2n) is 6.07. The van der Waals surface area contributed by atoms with Crippen LogP contribution in [-0.2, 0) is 26.5 Å². The first kappa shape index (κ1) is 19.3. The van der Waals surface area contributed by atoms with Gasteiger partial charge in [0.15, 0.2) is 6.61 Å². The molecule has 26 heavy (non-hydrogen) atoms. The Bertz CT molecular complexity index is 778. The summed E-state index contributed by atoms with van der Waals surface area (Å²) in [5.41, 5.74) is 2.45. The van der Waals surface area contributed by atoms with E-state index in [9.17, 15) is 9.59 Å². The van der Waals surface area contributed by atoms with Gasteiger partial charge in [-0.25, -0.2) is 0 Å². The largest absolute Gasteiger partial charge is 0.455 e. The van der Waals surface area contributed by atoms with Gasteiger partial charge < -0.3 is 10.1 Å². The molecule has 4 nitrogen and oxygen atoms in total. The molecule has 0 saturated carbocycles. The summed E-state index contributed by atoms with van der Waals surface area (Å²) >= 11 is 8.82. The quantitative estimate of drug-likeness (QED) is 0.690. The zero-order chi connectivity index (χ0) is 18.4. The molecular weight excluding hydrogens is 390 g/mol. The Labute approximate surface area is 166 Å². The molecule has 1 aromatic heterocycles. The average molecular weight is 410 g/mol. The molecule has 3 rings (SSSR count). The number of thiophene rings is 1. The van der Waals surface area contributed by atoms with Gasteiger partial charge in [0, 0.05) is 10.6 Å². The van der Waals surface area contributed by atoms with Crippen molar-refractivity contribution < 1.29 is 14.3 Å². The Balaban J connectivity index is 1.38. The van der Waals surface area contributed by atoms with Gasteiger partial charge >= 0.3 is 5.97 Å². The van der Waals surface area contributed by atoms with Gasteiger partial charge in [0.1, 0.15) is 0 Å². The number of carbonyl (C=O) groups excluding carboxylic acids is 2. The highest BCUT2D eigenvalue weighted by molar-refractivity contribution is 7.99. The average Bonchev–Trinajstić information content (AvgIpc) is 3.05. The Morgan fingerprint density at radius 3 is 2.92 bits per heavy atom. The highest BCUT2D eigenvalue weighted by Crippen LogP contribution is 2.29. The molecule has 2 aromatic rings. The molecule has 0 bridgehead atoms. The van der Waals surface area contributed by atoms with Crippen LogP contribution in [-0.4, -0.2) is 24.2 Å². The molecule has 1 atom stereocenters. The van der Waals surface area contributed by atoms with Crippen LogP contribution in [0, 0.1) is 0 Å². The first-order chi connectivity index (χ1) is 12.6. The molecule has 0 radical (unpaired) electrons. The first-order valence-corrected chi connectivity index (χ1v) is 10.8. The van der Waals surface area contributed by atoms with Crippen LogP contribution in [0.2, 0.25) is 4.34 Å². The van der Waals surface area contributed by atoms with Crippen molar-refractivity contribution in [3.8, 4) is 0 Å². The summed E-state index contributed by atoms with van der Waals surface area (Å²) in [5, 5.41) is 2.98. The topological polar surface area (TPSA) is 55.4 Å². The van der Waals surface area contributed by atoms with Crippen LogP contribution >= 0.6 is 34.7 Å². The molecule has 0 spiro atoms. The third kappa shape index (κ3) is 5.50. The van der Waals surface area contributed by atoms with Crippen LogP contribution in [0.4, 0.5) is 0 Å². The van der Waals surface area contributed by atoms with Crippen LogP contribution in [0.15, 0.2) is 36.4 Å². The number of thioether (sulfide) groups is 1. The van der Waals surface area contributed by atoms with Crippen molar-refractivity contribution in [1.82, 2.24) is 5.32 Å². The SMILES string of the molecule is O=C(COC(=O)CSCc1ccc(Cl)s1)N[C@H]1CCCc2ccccc21. The fraction of sp³-hybridized carbons (Fsp3) is 0.368. The third-order valence-electron chi connectivity index (χ3n) is 4.16. The molecule has 1 N–H and O–H groups in total. The Morgan fingerprint density at radius 1 is 1.27 bits per heavy atom. The number of ether oxygens (including phenoxy) is 1. The smallest absolute Gasteiger partial charge is 0.316 e. The lowest BCUT2D eigenvalue weighted by molar-refractivity contribution is -0.146. The standard InChI is InChI=1S/C19H20ClNO3S2/c20-17-9-8-14(26-17)11-25-12-19(23)24-10-18(22)21-16-7-3-5-13-4-1-2-6-15(13)16/h1-2,4,6,8-9,16H,3,5,7,10-12H2,(H,21,22)/t16-/m0/s1. The predicted octanol–water partition coefficient (Wildman–Crippen LogP) is 4.37. The molecule has 0 unspecified atom stereocenters. The second-order valence-corrected chi connectivity index (χ2v) is 8.86. The number of carbonyl (C=O) groups is 2. The van der Waals surface area contributed by atoms with E-state index >= 15 is 0 Å². The van der Waals surface area contributed by atoms with Crippen molar-refractivity contribution in [2.24, 2.45) is 0 Å². The summed E-state index contributed by atoms with van der Waals surface area (Å²) in [6.07, 6.45) is 3.01. The molecular formula is C19H20ClNO3S2. The number of halogens is 1. The zero-order valence-electron chi connectivity index (χ0n) is 14.2. The first-order valence-electron chi connectivity index (χ1n) is 8.46. The minimum absolute atomic E-state index is 0.00380. The molecule has 1 aromatic carbocycles. The van der Waals surface area contributed by atoms with Gasteiger partial charge in [-0.1, -0.05) is 35.9 Å². The number of fused-ring (bicyclic) bond motifs is 1. The van der Waals surface area contributed by atoms with E-state index in [4.69, 9.17) is 16.3 Å². The van der Waals surface area contributed by atoms with Gasteiger partial charge in [0.2, 0.25) is 0 Å². The minimum Gasteiger partial charge on any atom is -0.455 e. The number of esters is 1. The summed E-state index contributed by atoms with van der Waals surface area (Å²) in [5.74, 6) is 0.291. The van der Waals surface area contributed by atoms with E-state index in [1.807, 2.05) is 24.3 Å². The number of benzene rings is 1. The molecule has 1 aliphatic rings. The number of hydrogen-bond acceptors (Lipinski definition) is 5. The van der Waals surface area contributed by atoms with Crippen LogP contribution in [0.25, 0.3) is 0 Å². The molecule has 0 fully saturated rings. The number of rotatable bonds is 7. The lowest BCUT2D eigenvalue weighted by atomic mass is 9.88. The van der Waals surface area contributed by atoms with Gasteiger partial charge in [0.05, 0.1) is 16.1 Å². The highest BCUT2D eigenvalue weighted by atomic mass is 35.5. The van der Waals surface area contributed by atoms with Crippen molar-refractivity contribution in [2.45, 2.75) is 31.1 Å². The summed E-state index contributed by atoms with van der Waals surface area (Å²) in [7, 11) is 0. The van der Waals surface area contributed by atoms with E-state index in [1.165, 1.54) is 34.2 Å². The van der Waals surface area contributed by atoms with Crippen molar-refractivity contribution >= 4 is 46.6 Å². The summed E-state index contributed by atoms with van der Waals surface area (Å²) in [6.45, 7) is -0.233. The summed E-state index contributed by atoms with van der Waals surface area (Å²) < 4.78 is 5.82. The minimum atomic E-state index is -0.378. The molecule has 7 heteroatoms. The van der Waals surface area contributed by atoms with Crippen LogP contribution < -0.4 is 5.32 Å². The van der Waals surface area contributed by atoms with E-state index in [-0.39, 0.29) is 30.3 Å². The van der Waals surface area contributed by atoms with Gasteiger partial charge in [-0.3, -0.25) is 9.59 Å². The van der Waals surface area contributed by atoms with Crippen molar-refractivity contribution in [2.75, 3.05) is 12.4 Å². The zero-order valence-corrected chi connectivity index (χ0v) is 16.6. The Kier molecular flexibility index (Phi) is 7.00. The highest BCUT2D eigenvalue weighted by Gasteiger charge is 2.21. The molecule has 138 valence electrons. The van der Waals surface area contributed by atoms with Crippen LogP contribution in [0.3, 0.4) is 0 Å². The molecule has 1 aliphatic carbocycles. The van der Waals surface area contributed by atoms with Crippen LogP contribution in [0.5, 0.6) is 0 Å². The van der Waals surface area contributed by atoms with Crippen molar-refractivity contribution in [3.05, 3.63) is 56.7 Å². The lowest BCUT2D eigenvalue weighted by Gasteiger charge is -2.26. The maximum absolute atomic E-state index is 12.1. The molecule has 0 aliphatic heterocycles. The van der Waals surface area contributed by atoms with E-state index in [2.05, 4.69) is 17.4 Å². The van der Waals surface area contributed by atoms with Gasteiger partial charge in [-0.05, 0) is 42.5 Å². The number of aryl methyl sites for hydroxylation is 1. The summed E-state index contributed by atoms with van der Waals surface area (Å²) in [4.78, 5) is 25.0. The molecule has 1 heterocycles. The van der Waals surface area contributed by atoms with E-state index in [1.54, 1.807) is 0 Å². The van der Waals surface area contributed by atoms with E-state index in [0.717, 1.165) is 28.5 Å². The van der Waals surface area contributed by atoms with Crippen molar-refractivity contribution in [1.29, 1.82) is 0 Å². The Morgan fingerprint density at radius 2 is 2.12 bits per heavy atom. The lowest BCUT2D eigenvalue weighted by Crippen LogP contribution is -2.34. The second kappa shape index (κ2) is 9.44. The third-order valence-corrected chi connectivity index (χ3v) is 6.53. The normalized spacial score (nSPS) is 16.0. The monoisotopic (exact) mass is 409 g/mol. The number of amides is 1.